The molecule has 1 saturated heterocycles. The van der Waals surface area contributed by atoms with Crippen LogP contribution in [-0.4, -0.2) is 60.2 Å². The summed E-state index contributed by atoms with van der Waals surface area (Å²) < 4.78 is 19.8. The Hall–Kier alpha value is -2.09. The molecule has 2 aliphatic rings. The first kappa shape index (κ1) is 27.2. The van der Waals surface area contributed by atoms with Crippen LogP contribution >= 0.6 is 24.0 Å². The molecule has 0 aromatic heterocycles. The number of guanidine groups is 1. The summed E-state index contributed by atoms with van der Waals surface area (Å²) in [6.45, 7) is 8.19. The van der Waals surface area contributed by atoms with Crippen LogP contribution in [-0.2, 0) is 11.3 Å². The number of amides is 1. The zero-order valence-corrected chi connectivity index (χ0v) is 22.3. The van der Waals surface area contributed by atoms with Gasteiger partial charge in [0.2, 0.25) is 0 Å². The maximum absolute atomic E-state index is 14.1. The van der Waals surface area contributed by atoms with E-state index in [0.29, 0.717) is 23.0 Å². The molecule has 1 heterocycles. The van der Waals surface area contributed by atoms with Crippen LogP contribution in [0.25, 0.3) is 0 Å². The summed E-state index contributed by atoms with van der Waals surface area (Å²) in [7, 11) is 1.70. The van der Waals surface area contributed by atoms with E-state index in [4.69, 9.17) is 10.00 Å². The number of likely N-dealkylation sites (tertiary alicyclic amines) is 1. The third kappa shape index (κ3) is 8.02. The summed E-state index contributed by atoms with van der Waals surface area (Å²) in [5, 5.41) is 12.3. The van der Waals surface area contributed by atoms with E-state index in [1.165, 1.54) is 25.0 Å². The molecule has 3 rings (SSSR count). The van der Waals surface area contributed by atoms with Crippen molar-refractivity contribution < 1.29 is 13.9 Å². The van der Waals surface area contributed by atoms with E-state index in [1.54, 1.807) is 13.1 Å². The fourth-order valence-electron chi connectivity index (χ4n) is 3.95. The van der Waals surface area contributed by atoms with Gasteiger partial charge >= 0.3 is 6.09 Å². The van der Waals surface area contributed by atoms with E-state index in [2.05, 4.69) is 15.2 Å². The van der Waals surface area contributed by atoms with Crippen molar-refractivity contribution in [2.45, 2.75) is 64.6 Å². The van der Waals surface area contributed by atoms with Gasteiger partial charge in [0.25, 0.3) is 0 Å². The SMILES string of the molecule is CN=C(NCc1cc(C#N)ccc1F)N1CCC(N(CC2CC2)C(=O)OC(C)(C)C)CC1.I. The number of nitrogens with one attached hydrogen (secondary N) is 1. The Morgan fingerprint density at radius 3 is 2.52 bits per heavy atom. The number of aliphatic imine (C=N–C) groups is 1. The monoisotopic (exact) mass is 571 g/mol. The van der Waals surface area contributed by atoms with Crippen LogP contribution in [0.2, 0.25) is 0 Å². The average Bonchev–Trinajstić information content (AvgIpc) is 3.57. The highest BCUT2D eigenvalue weighted by Crippen LogP contribution is 2.32. The van der Waals surface area contributed by atoms with Gasteiger partial charge in [-0.3, -0.25) is 4.99 Å². The molecule has 1 saturated carbocycles. The first-order valence-corrected chi connectivity index (χ1v) is 11.3. The number of carbonyl (C=O) groups excluding carboxylic acids is 1. The topological polar surface area (TPSA) is 81.0 Å². The van der Waals surface area contributed by atoms with Crippen molar-refractivity contribution in [3.05, 3.63) is 35.1 Å². The zero-order chi connectivity index (χ0) is 23.3. The van der Waals surface area contributed by atoms with Crippen LogP contribution in [0.3, 0.4) is 0 Å². The molecule has 1 aromatic carbocycles. The van der Waals surface area contributed by atoms with Gasteiger partial charge in [-0.05, 0) is 70.6 Å². The second-order valence-corrected chi connectivity index (χ2v) is 9.61. The van der Waals surface area contributed by atoms with Gasteiger partial charge in [-0.1, -0.05) is 0 Å². The van der Waals surface area contributed by atoms with Crippen LogP contribution in [0.1, 0.15) is 57.6 Å². The van der Waals surface area contributed by atoms with Crippen molar-refractivity contribution in [3.8, 4) is 6.07 Å². The van der Waals surface area contributed by atoms with E-state index >= 15 is 0 Å². The van der Waals surface area contributed by atoms with Gasteiger partial charge in [-0.2, -0.15) is 5.26 Å². The molecule has 0 bridgehead atoms. The van der Waals surface area contributed by atoms with Crippen LogP contribution in [0.4, 0.5) is 9.18 Å². The first-order chi connectivity index (χ1) is 15.2. The Labute approximate surface area is 213 Å². The molecular formula is C24H35FIN5O2. The van der Waals surface area contributed by atoms with Crippen molar-refractivity contribution in [1.29, 1.82) is 5.26 Å². The largest absolute Gasteiger partial charge is 0.444 e. The number of hydrogen-bond acceptors (Lipinski definition) is 4. The smallest absolute Gasteiger partial charge is 0.410 e. The zero-order valence-electron chi connectivity index (χ0n) is 19.9. The van der Waals surface area contributed by atoms with Gasteiger partial charge in [-0.15, -0.1) is 24.0 Å². The number of piperidine rings is 1. The van der Waals surface area contributed by atoms with Gasteiger partial charge in [0, 0.05) is 44.8 Å². The van der Waals surface area contributed by atoms with E-state index in [1.807, 2.05) is 31.7 Å². The third-order valence-electron chi connectivity index (χ3n) is 5.81. The van der Waals surface area contributed by atoms with Crippen molar-refractivity contribution in [1.82, 2.24) is 15.1 Å². The van der Waals surface area contributed by atoms with Gasteiger partial charge in [0.1, 0.15) is 11.4 Å². The molecule has 1 aliphatic carbocycles. The van der Waals surface area contributed by atoms with Crippen LogP contribution < -0.4 is 5.32 Å². The molecule has 33 heavy (non-hydrogen) atoms. The minimum atomic E-state index is -0.510. The fourth-order valence-corrected chi connectivity index (χ4v) is 3.95. The summed E-state index contributed by atoms with van der Waals surface area (Å²) in [6.07, 6.45) is 3.78. The number of nitriles is 1. The number of hydrogen-bond donors (Lipinski definition) is 1. The van der Waals surface area contributed by atoms with Crippen molar-refractivity contribution in [2.24, 2.45) is 10.9 Å². The molecule has 182 valence electrons. The summed E-state index contributed by atoms with van der Waals surface area (Å²) in [5.74, 6) is 0.934. The summed E-state index contributed by atoms with van der Waals surface area (Å²) >= 11 is 0. The highest BCUT2D eigenvalue weighted by atomic mass is 127. The molecule has 1 N–H and O–H groups in total. The minimum Gasteiger partial charge on any atom is -0.444 e. The average molecular weight is 571 g/mol. The van der Waals surface area contributed by atoms with Gasteiger partial charge in [0.05, 0.1) is 11.6 Å². The minimum absolute atomic E-state index is 0. The lowest BCUT2D eigenvalue weighted by Crippen LogP contribution is -2.52. The Balaban J connectivity index is 0.00000385. The Kier molecular flexibility index (Phi) is 9.76. The number of rotatable bonds is 5. The third-order valence-corrected chi connectivity index (χ3v) is 5.81. The normalized spacial score (nSPS) is 17.1. The number of benzene rings is 1. The van der Waals surface area contributed by atoms with Gasteiger partial charge < -0.3 is 19.9 Å². The molecule has 1 amide bonds. The van der Waals surface area contributed by atoms with Crippen molar-refractivity contribution >= 4 is 36.0 Å². The van der Waals surface area contributed by atoms with Gasteiger partial charge in [-0.25, -0.2) is 9.18 Å². The van der Waals surface area contributed by atoms with E-state index < -0.39 is 5.60 Å². The molecule has 0 radical (unpaired) electrons. The molecule has 2 fully saturated rings. The molecule has 7 nitrogen and oxygen atoms in total. The van der Waals surface area contributed by atoms with E-state index in [-0.39, 0.29) is 48.5 Å². The lowest BCUT2D eigenvalue weighted by molar-refractivity contribution is 0.00928. The van der Waals surface area contributed by atoms with Crippen LogP contribution in [0.5, 0.6) is 0 Å². The van der Waals surface area contributed by atoms with E-state index in [9.17, 15) is 9.18 Å². The number of halogens is 2. The van der Waals surface area contributed by atoms with E-state index in [0.717, 1.165) is 32.5 Å². The summed E-state index contributed by atoms with van der Waals surface area (Å²) in [4.78, 5) is 21.2. The Morgan fingerprint density at radius 1 is 1.30 bits per heavy atom. The van der Waals surface area contributed by atoms with Gasteiger partial charge in [0.15, 0.2) is 5.96 Å². The van der Waals surface area contributed by atoms with Crippen LogP contribution in [0, 0.1) is 23.1 Å². The lowest BCUT2D eigenvalue weighted by Gasteiger charge is -2.40. The maximum atomic E-state index is 14.1. The number of carbonyl (C=O) groups is 1. The highest BCUT2D eigenvalue weighted by Gasteiger charge is 2.35. The summed E-state index contributed by atoms with van der Waals surface area (Å²) in [6, 6.07) is 6.52. The predicted molar refractivity (Wildman–Crippen MR) is 137 cm³/mol. The second kappa shape index (κ2) is 11.9. The van der Waals surface area contributed by atoms with Crippen LogP contribution in [0.15, 0.2) is 23.2 Å². The summed E-state index contributed by atoms with van der Waals surface area (Å²) in [5.41, 5.74) is 0.349. The standard InChI is InChI=1S/C24H34FN5O2.HI/c1-24(2,3)32-23(31)30(16-17-5-6-17)20-9-11-29(12-10-20)22(27-4)28-15-19-13-18(14-26)7-8-21(19)25;/h7-8,13,17,20H,5-6,9-12,15-16H2,1-4H3,(H,27,28);1H. The maximum Gasteiger partial charge on any atom is 0.410 e. The Bertz CT molecular complexity index is 884. The highest BCUT2D eigenvalue weighted by molar-refractivity contribution is 14.0. The molecule has 1 aromatic rings. The molecule has 1 aliphatic heterocycles. The molecule has 0 atom stereocenters. The molecular weight excluding hydrogens is 536 g/mol. The number of ether oxygens (including phenoxy) is 1. The number of nitrogens with zero attached hydrogens (tertiary/aromatic N) is 4. The lowest BCUT2D eigenvalue weighted by atomic mass is 10.0. The molecule has 9 heteroatoms. The first-order valence-electron chi connectivity index (χ1n) is 11.3. The van der Waals surface area contributed by atoms with Crippen molar-refractivity contribution in [3.63, 3.8) is 0 Å². The second-order valence-electron chi connectivity index (χ2n) is 9.61. The molecule has 0 spiro atoms. The molecule has 0 unspecified atom stereocenters. The quantitative estimate of drug-likeness (QED) is 0.320. The van der Waals surface area contributed by atoms with Crippen molar-refractivity contribution in [2.75, 3.05) is 26.7 Å². The Morgan fingerprint density at radius 2 is 1.97 bits per heavy atom. The fraction of sp³-hybridized carbons (Fsp3) is 0.625. The predicted octanol–water partition coefficient (Wildman–Crippen LogP) is 4.50.